The number of benzene rings is 1. The van der Waals surface area contributed by atoms with Crippen LogP contribution in [0.1, 0.15) is 42.7 Å². The van der Waals surface area contributed by atoms with Crippen molar-refractivity contribution in [3.8, 4) is 0 Å². The van der Waals surface area contributed by atoms with E-state index < -0.39 is 0 Å². The summed E-state index contributed by atoms with van der Waals surface area (Å²) < 4.78 is 5.42. The molecular formula is C16H22ClNO. The van der Waals surface area contributed by atoms with Gasteiger partial charge in [0.1, 0.15) is 0 Å². The summed E-state index contributed by atoms with van der Waals surface area (Å²) in [5.41, 5.74) is 2.67. The minimum atomic E-state index is 0.583. The summed E-state index contributed by atoms with van der Waals surface area (Å²) in [7, 11) is 0. The van der Waals surface area contributed by atoms with Crippen LogP contribution in [0.3, 0.4) is 0 Å². The standard InChI is InChI=1S/C16H22ClNO/c17-16-11-12(10-14-2-1-7-18-14)3-4-15(16)13-5-8-19-9-6-13/h3-4,11,13-14,18H,1-2,5-10H2. The quantitative estimate of drug-likeness (QED) is 0.914. The van der Waals surface area contributed by atoms with Gasteiger partial charge in [0, 0.05) is 24.3 Å². The van der Waals surface area contributed by atoms with E-state index in [1.165, 1.54) is 30.5 Å². The molecule has 1 N–H and O–H groups in total. The van der Waals surface area contributed by atoms with Gasteiger partial charge < -0.3 is 10.1 Å². The van der Waals surface area contributed by atoms with Gasteiger partial charge in [-0.3, -0.25) is 0 Å². The van der Waals surface area contributed by atoms with Crippen LogP contribution in [0, 0.1) is 0 Å². The largest absolute Gasteiger partial charge is 0.381 e. The fourth-order valence-corrected chi connectivity index (χ4v) is 3.61. The van der Waals surface area contributed by atoms with Crippen molar-refractivity contribution in [1.82, 2.24) is 5.32 Å². The van der Waals surface area contributed by atoms with Gasteiger partial charge in [0.25, 0.3) is 0 Å². The lowest BCUT2D eigenvalue weighted by molar-refractivity contribution is 0.0853. The Balaban J connectivity index is 1.69. The Bertz CT molecular complexity index is 423. The number of hydrogen-bond acceptors (Lipinski definition) is 2. The van der Waals surface area contributed by atoms with Crippen LogP contribution in [-0.2, 0) is 11.2 Å². The Hall–Kier alpha value is -0.570. The number of nitrogens with one attached hydrogen (secondary N) is 1. The summed E-state index contributed by atoms with van der Waals surface area (Å²) in [5.74, 6) is 0.583. The molecule has 2 aliphatic rings. The van der Waals surface area contributed by atoms with Gasteiger partial charge in [-0.05, 0) is 61.8 Å². The molecule has 2 aliphatic heterocycles. The van der Waals surface area contributed by atoms with Gasteiger partial charge in [0.15, 0.2) is 0 Å². The molecule has 0 amide bonds. The molecule has 1 aromatic rings. The third-order valence-electron chi connectivity index (χ3n) is 4.37. The molecule has 2 fully saturated rings. The maximum absolute atomic E-state index is 6.49. The van der Waals surface area contributed by atoms with E-state index in [-0.39, 0.29) is 0 Å². The van der Waals surface area contributed by atoms with Crippen LogP contribution < -0.4 is 5.32 Å². The lowest BCUT2D eigenvalue weighted by Crippen LogP contribution is -2.23. The molecule has 19 heavy (non-hydrogen) atoms. The fourth-order valence-electron chi connectivity index (χ4n) is 3.25. The van der Waals surface area contributed by atoms with E-state index in [2.05, 4.69) is 23.5 Å². The topological polar surface area (TPSA) is 21.3 Å². The van der Waals surface area contributed by atoms with Gasteiger partial charge >= 0.3 is 0 Å². The molecule has 1 unspecified atom stereocenters. The predicted octanol–water partition coefficient (Wildman–Crippen LogP) is 3.53. The Labute approximate surface area is 120 Å². The third-order valence-corrected chi connectivity index (χ3v) is 4.70. The second-order valence-corrected chi connectivity index (χ2v) is 6.15. The van der Waals surface area contributed by atoms with Crippen molar-refractivity contribution >= 4 is 11.6 Å². The van der Waals surface area contributed by atoms with Crippen LogP contribution in [0.15, 0.2) is 18.2 Å². The molecule has 2 saturated heterocycles. The molecule has 1 aromatic carbocycles. The first kappa shape index (κ1) is 13.4. The Morgan fingerprint density at radius 1 is 1.21 bits per heavy atom. The molecule has 1 atom stereocenters. The molecule has 0 aromatic heterocycles. The smallest absolute Gasteiger partial charge is 0.0471 e. The molecule has 0 spiro atoms. The summed E-state index contributed by atoms with van der Waals surface area (Å²) in [6.45, 7) is 2.90. The lowest BCUT2D eigenvalue weighted by atomic mass is 9.90. The molecule has 104 valence electrons. The van der Waals surface area contributed by atoms with Crippen LogP contribution in [0.25, 0.3) is 0 Å². The molecular weight excluding hydrogens is 258 g/mol. The number of ether oxygens (including phenoxy) is 1. The number of rotatable bonds is 3. The van der Waals surface area contributed by atoms with Gasteiger partial charge in [-0.2, -0.15) is 0 Å². The maximum atomic E-state index is 6.49. The highest BCUT2D eigenvalue weighted by molar-refractivity contribution is 6.31. The van der Waals surface area contributed by atoms with Crippen molar-refractivity contribution in [3.63, 3.8) is 0 Å². The van der Waals surface area contributed by atoms with E-state index >= 15 is 0 Å². The summed E-state index contributed by atoms with van der Waals surface area (Å²) in [5, 5.41) is 4.49. The summed E-state index contributed by atoms with van der Waals surface area (Å²) >= 11 is 6.49. The van der Waals surface area contributed by atoms with Crippen molar-refractivity contribution < 1.29 is 4.74 Å². The zero-order valence-corrected chi connectivity index (χ0v) is 12.1. The van der Waals surface area contributed by atoms with Crippen molar-refractivity contribution in [2.75, 3.05) is 19.8 Å². The van der Waals surface area contributed by atoms with Gasteiger partial charge in [-0.15, -0.1) is 0 Å². The predicted molar refractivity (Wildman–Crippen MR) is 79.0 cm³/mol. The summed E-state index contributed by atoms with van der Waals surface area (Å²) in [6, 6.07) is 7.32. The zero-order chi connectivity index (χ0) is 13.1. The molecule has 0 aliphatic carbocycles. The Kier molecular flexibility index (Phi) is 4.42. The Morgan fingerprint density at radius 3 is 2.74 bits per heavy atom. The van der Waals surface area contributed by atoms with Crippen molar-refractivity contribution in [1.29, 1.82) is 0 Å². The minimum Gasteiger partial charge on any atom is -0.381 e. The maximum Gasteiger partial charge on any atom is 0.0471 e. The van der Waals surface area contributed by atoms with E-state index in [0.717, 1.165) is 37.5 Å². The van der Waals surface area contributed by atoms with E-state index in [1.54, 1.807) is 0 Å². The Morgan fingerprint density at radius 2 is 2.05 bits per heavy atom. The SMILES string of the molecule is Clc1cc(CC2CCCN2)ccc1C1CCOCC1. The minimum absolute atomic E-state index is 0.583. The van der Waals surface area contributed by atoms with Gasteiger partial charge in [0.2, 0.25) is 0 Å². The van der Waals surface area contributed by atoms with Crippen LogP contribution in [-0.4, -0.2) is 25.8 Å². The van der Waals surface area contributed by atoms with Gasteiger partial charge in [0.05, 0.1) is 0 Å². The second kappa shape index (κ2) is 6.25. The molecule has 0 radical (unpaired) electrons. The van der Waals surface area contributed by atoms with Crippen LogP contribution in [0.4, 0.5) is 0 Å². The fraction of sp³-hybridized carbons (Fsp3) is 0.625. The molecule has 3 heteroatoms. The molecule has 0 saturated carbocycles. The van der Waals surface area contributed by atoms with Crippen LogP contribution in [0.2, 0.25) is 5.02 Å². The molecule has 3 rings (SSSR count). The lowest BCUT2D eigenvalue weighted by Gasteiger charge is -2.23. The van der Waals surface area contributed by atoms with Gasteiger partial charge in [-0.1, -0.05) is 23.7 Å². The average Bonchev–Trinajstić information content (AvgIpc) is 2.93. The van der Waals surface area contributed by atoms with Crippen molar-refractivity contribution in [2.24, 2.45) is 0 Å². The highest BCUT2D eigenvalue weighted by Gasteiger charge is 2.19. The van der Waals surface area contributed by atoms with Crippen molar-refractivity contribution in [2.45, 2.75) is 44.1 Å². The number of hydrogen-bond donors (Lipinski definition) is 1. The summed E-state index contributed by atoms with van der Waals surface area (Å²) in [4.78, 5) is 0. The van der Waals surface area contributed by atoms with Crippen LogP contribution in [0.5, 0.6) is 0 Å². The first-order valence-electron chi connectivity index (χ1n) is 7.42. The zero-order valence-electron chi connectivity index (χ0n) is 11.3. The van der Waals surface area contributed by atoms with E-state index in [9.17, 15) is 0 Å². The first-order valence-corrected chi connectivity index (χ1v) is 7.80. The van der Waals surface area contributed by atoms with E-state index in [4.69, 9.17) is 16.3 Å². The second-order valence-electron chi connectivity index (χ2n) is 5.74. The average molecular weight is 280 g/mol. The molecule has 2 heterocycles. The van der Waals surface area contributed by atoms with Gasteiger partial charge in [-0.25, -0.2) is 0 Å². The first-order chi connectivity index (χ1) is 9.33. The summed E-state index contributed by atoms with van der Waals surface area (Å²) in [6.07, 6.45) is 5.90. The highest BCUT2D eigenvalue weighted by Crippen LogP contribution is 2.33. The highest BCUT2D eigenvalue weighted by atomic mass is 35.5. The molecule has 0 bridgehead atoms. The third kappa shape index (κ3) is 3.31. The normalized spacial score (nSPS) is 24.8. The number of halogens is 1. The van der Waals surface area contributed by atoms with E-state index in [0.29, 0.717) is 12.0 Å². The monoisotopic (exact) mass is 279 g/mol. The van der Waals surface area contributed by atoms with E-state index in [1.807, 2.05) is 0 Å². The molecule has 2 nitrogen and oxygen atoms in total. The van der Waals surface area contributed by atoms with Crippen molar-refractivity contribution in [3.05, 3.63) is 34.3 Å². The van der Waals surface area contributed by atoms with Crippen LogP contribution >= 0.6 is 11.6 Å².